The normalized spacial score (nSPS) is 15.1. The average molecular weight is 309 g/mol. The minimum absolute atomic E-state index is 0.0719. The van der Waals surface area contributed by atoms with Gasteiger partial charge in [0.15, 0.2) is 5.78 Å². The largest absolute Gasteiger partial charge is 0.492 e. The van der Waals surface area contributed by atoms with Crippen molar-refractivity contribution in [2.75, 3.05) is 6.61 Å². The van der Waals surface area contributed by atoms with Crippen LogP contribution in [0.3, 0.4) is 0 Å². The van der Waals surface area contributed by atoms with Crippen molar-refractivity contribution in [2.24, 2.45) is 0 Å². The SMILES string of the molecule is O=C1CCOc2cc(I)cc(Cl)c21. The van der Waals surface area contributed by atoms with Gasteiger partial charge < -0.3 is 4.74 Å². The van der Waals surface area contributed by atoms with Crippen LogP contribution in [0.1, 0.15) is 16.8 Å². The van der Waals surface area contributed by atoms with Crippen molar-refractivity contribution in [3.8, 4) is 5.75 Å². The molecule has 0 radical (unpaired) electrons. The molecular formula is C9H6ClIO2. The molecule has 0 atom stereocenters. The molecule has 0 N–H and O–H groups in total. The summed E-state index contributed by atoms with van der Waals surface area (Å²) in [4.78, 5) is 11.5. The summed E-state index contributed by atoms with van der Waals surface area (Å²) >= 11 is 8.08. The second-order valence-electron chi connectivity index (χ2n) is 2.78. The van der Waals surface area contributed by atoms with Crippen molar-refractivity contribution in [2.45, 2.75) is 6.42 Å². The Morgan fingerprint density at radius 1 is 1.46 bits per heavy atom. The number of carbonyl (C=O) groups excluding carboxylic acids is 1. The van der Waals surface area contributed by atoms with E-state index in [4.69, 9.17) is 16.3 Å². The summed E-state index contributed by atoms with van der Waals surface area (Å²) in [6.45, 7) is 0.461. The van der Waals surface area contributed by atoms with Crippen molar-refractivity contribution < 1.29 is 9.53 Å². The Kier molecular flexibility index (Phi) is 2.47. The highest BCUT2D eigenvalue weighted by molar-refractivity contribution is 14.1. The number of rotatable bonds is 0. The molecule has 0 aliphatic carbocycles. The molecule has 1 heterocycles. The summed E-state index contributed by atoms with van der Waals surface area (Å²) in [5.41, 5.74) is 0.535. The first-order valence-electron chi connectivity index (χ1n) is 3.83. The predicted molar refractivity (Wildman–Crippen MR) is 58.6 cm³/mol. The molecule has 0 spiro atoms. The Balaban J connectivity index is 2.63. The van der Waals surface area contributed by atoms with Gasteiger partial charge in [0, 0.05) is 9.99 Å². The van der Waals surface area contributed by atoms with Crippen LogP contribution >= 0.6 is 34.2 Å². The molecule has 2 nitrogen and oxygen atoms in total. The number of hydrogen-bond acceptors (Lipinski definition) is 2. The van der Waals surface area contributed by atoms with E-state index in [1.54, 1.807) is 6.07 Å². The lowest BCUT2D eigenvalue weighted by molar-refractivity contribution is 0.0933. The van der Waals surface area contributed by atoms with Gasteiger partial charge in [-0.05, 0) is 34.7 Å². The Bertz CT molecular complexity index is 376. The van der Waals surface area contributed by atoms with Crippen LogP contribution in [0.15, 0.2) is 12.1 Å². The Morgan fingerprint density at radius 3 is 3.00 bits per heavy atom. The first-order chi connectivity index (χ1) is 6.18. The fourth-order valence-electron chi connectivity index (χ4n) is 1.31. The Labute approximate surface area is 94.4 Å². The molecule has 13 heavy (non-hydrogen) atoms. The number of halogens is 2. The highest BCUT2D eigenvalue weighted by Crippen LogP contribution is 2.32. The summed E-state index contributed by atoms with van der Waals surface area (Å²) in [7, 11) is 0. The van der Waals surface area contributed by atoms with E-state index in [1.165, 1.54) is 0 Å². The van der Waals surface area contributed by atoms with Crippen LogP contribution in [0.25, 0.3) is 0 Å². The summed E-state index contributed by atoms with van der Waals surface area (Å²) < 4.78 is 6.33. The van der Waals surface area contributed by atoms with E-state index in [0.29, 0.717) is 29.4 Å². The zero-order valence-corrected chi connectivity index (χ0v) is 9.55. The lowest BCUT2D eigenvalue weighted by atomic mass is 10.1. The van der Waals surface area contributed by atoms with E-state index >= 15 is 0 Å². The topological polar surface area (TPSA) is 26.3 Å². The van der Waals surface area contributed by atoms with Gasteiger partial charge >= 0.3 is 0 Å². The highest BCUT2D eigenvalue weighted by atomic mass is 127. The van der Waals surface area contributed by atoms with Crippen molar-refractivity contribution in [1.29, 1.82) is 0 Å². The van der Waals surface area contributed by atoms with Crippen LogP contribution in [-0.2, 0) is 0 Å². The van der Waals surface area contributed by atoms with Crippen LogP contribution in [0.4, 0.5) is 0 Å². The van der Waals surface area contributed by atoms with Crippen LogP contribution < -0.4 is 4.74 Å². The molecule has 0 saturated heterocycles. The Hall–Kier alpha value is -0.290. The maximum atomic E-state index is 11.5. The summed E-state index contributed by atoms with van der Waals surface area (Å²) in [5, 5.41) is 0.492. The molecule has 0 saturated carbocycles. The van der Waals surface area contributed by atoms with E-state index in [1.807, 2.05) is 6.07 Å². The minimum Gasteiger partial charge on any atom is -0.492 e. The molecule has 0 fully saturated rings. The standard InChI is InChI=1S/C9H6ClIO2/c10-6-3-5(11)4-8-9(6)7(12)1-2-13-8/h3-4H,1-2H2. The van der Waals surface area contributed by atoms with E-state index in [-0.39, 0.29) is 5.78 Å². The summed E-state index contributed by atoms with van der Waals surface area (Å²) in [6.07, 6.45) is 0.424. The van der Waals surface area contributed by atoms with Crippen LogP contribution in [0, 0.1) is 3.57 Å². The molecular weight excluding hydrogens is 302 g/mol. The molecule has 1 aliphatic heterocycles. The second kappa shape index (κ2) is 3.46. The fourth-order valence-corrected chi connectivity index (χ4v) is 2.41. The molecule has 68 valence electrons. The van der Waals surface area contributed by atoms with Crippen molar-refractivity contribution in [3.05, 3.63) is 26.3 Å². The molecule has 1 aromatic carbocycles. The Morgan fingerprint density at radius 2 is 2.23 bits per heavy atom. The number of benzene rings is 1. The lowest BCUT2D eigenvalue weighted by Crippen LogP contribution is -2.15. The van der Waals surface area contributed by atoms with Crippen molar-refractivity contribution >= 4 is 40.0 Å². The number of ketones is 1. The van der Waals surface area contributed by atoms with Gasteiger partial charge in [0.1, 0.15) is 5.75 Å². The number of Topliss-reactive ketones (excluding diaryl/α,β-unsaturated/α-hetero) is 1. The number of ether oxygens (including phenoxy) is 1. The molecule has 0 bridgehead atoms. The first-order valence-corrected chi connectivity index (χ1v) is 5.29. The zero-order chi connectivity index (χ0) is 9.42. The summed E-state index contributed by atoms with van der Waals surface area (Å²) in [6, 6.07) is 3.60. The monoisotopic (exact) mass is 308 g/mol. The first kappa shape index (κ1) is 9.27. The second-order valence-corrected chi connectivity index (χ2v) is 4.44. The maximum absolute atomic E-state index is 11.5. The van der Waals surface area contributed by atoms with Gasteiger partial charge in [-0.25, -0.2) is 0 Å². The van der Waals surface area contributed by atoms with Gasteiger partial charge in [-0.15, -0.1) is 0 Å². The smallest absolute Gasteiger partial charge is 0.171 e. The number of hydrogen-bond donors (Lipinski definition) is 0. The van der Waals surface area contributed by atoms with Crippen LogP contribution in [0.2, 0.25) is 5.02 Å². The molecule has 1 aliphatic rings. The van der Waals surface area contributed by atoms with Crippen LogP contribution in [0.5, 0.6) is 5.75 Å². The van der Waals surface area contributed by atoms with E-state index in [0.717, 1.165) is 3.57 Å². The predicted octanol–water partition coefficient (Wildman–Crippen LogP) is 2.91. The molecule has 4 heteroatoms. The molecule has 0 aromatic heterocycles. The highest BCUT2D eigenvalue weighted by Gasteiger charge is 2.21. The van der Waals surface area contributed by atoms with Gasteiger partial charge in [0.25, 0.3) is 0 Å². The third-order valence-corrected chi connectivity index (χ3v) is 2.81. The minimum atomic E-state index is 0.0719. The molecule has 0 amide bonds. The van der Waals surface area contributed by atoms with Gasteiger partial charge in [0.2, 0.25) is 0 Å². The molecule has 1 aromatic rings. The number of carbonyl (C=O) groups is 1. The van der Waals surface area contributed by atoms with Crippen molar-refractivity contribution in [1.82, 2.24) is 0 Å². The van der Waals surface area contributed by atoms with Gasteiger partial charge in [-0.1, -0.05) is 11.6 Å². The maximum Gasteiger partial charge on any atom is 0.171 e. The van der Waals surface area contributed by atoms with E-state index < -0.39 is 0 Å². The summed E-state index contributed by atoms with van der Waals surface area (Å²) in [5.74, 6) is 0.691. The third-order valence-electron chi connectivity index (χ3n) is 1.88. The zero-order valence-electron chi connectivity index (χ0n) is 6.64. The van der Waals surface area contributed by atoms with Gasteiger partial charge in [-0.3, -0.25) is 4.79 Å². The van der Waals surface area contributed by atoms with E-state index in [9.17, 15) is 4.79 Å². The van der Waals surface area contributed by atoms with Gasteiger partial charge in [-0.2, -0.15) is 0 Å². The quantitative estimate of drug-likeness (QED) is 0.689. The van der Waals surface area contributed by atoms with Crippen molar-refractivity contribution in [3.63, 3.8) is 0 Å². The average Bonchev–Trinajstić information content (AvgIpc) is 2.02. The lowest BCUT2D eigenvalue weighted by Gasteiger charge is -2.17. The molecule has 2 rings (SSSR count). The van der Waals surface area contributed by atoms with Gasteiger partial charge in [0.05, 0.1) is 17.2 Å². The third kappa shape index (κ3) is 1.67. The molecule has 0 unspecified atom stereocenters. The van der Waals surface area contributed by atoms with Crippen LogP contribution in [-0.4, -0.2) is 12.4 Å². The van der Waals surface area contributed by atoms with E-state index in [2.05, 4.69) is 22.6 Å². The number of fused-ring (bicyclic) bond motifs is 1. The fraction of sp³-hybridized carbons (Fsp3) is 0.222.